The number of hydrogen-bond donors (Lipinski definition) is 0. The highest BCUT2D eigenvalue weighted by Gasteiger charge is 2.06. The lowest BCUT2D eigenvalue weighted by atomic mass is 10.1. The first-order valence-electron chi connectivity index (χ1n) is 5.06. The van der Waals surface area contributed by atoms with Crippen LogP contribution in [0.5, 0.6) is 0 Å². The van der Waals surface area contributed by atoms with E-state index in [0.717, 1.165) is 16.5 Å². The summed E-state index contributed by atoms with van der Waals surface area (Å²) in [5.41, 5.74) is 0.850. The number of sulfone groups is 1. The van der Waals surface area contributed by atoms with Crippen LogP contribution in [0.1, 0.15) is 5.69 Å². The number of rotatable bonds is 3. The van der Waals surface area contributed by atoms with Crippen LogP contribution in [0.4, 0.5) is 0 Å². The number of fused-ring (bicyclic) bond motifs is 1. The molecular formula is C12H13NO2S. The molecule has 2 rings (SSSR count). The van der Waals surface area contributed by atoms with Crippen molar-refractivity contribution < 1.29 is 8.42 Å². The third-order valence-corrected chi connectivity index (χ3v) is 3.41. The predicted octanol–water partition coefficient (Wildman–Crippen LogP) is 1.82. The molecule has 1 heterocycles. The molecule has 0 fully saturated rings. The first-order valence-corrected chi connectivity index (χ1v) is 7.13. The van der Waals surface area contributed by atoms with Crippen molar-refractivity contribution in [2.75, 3.05) is 12.0 Å². The summed E-state index contributed by atoms with van der Waals surface area (Å²) in [7, 11) is -2.93. The maximum Gasteiger partial charge on any atom is 0.147 e. The van der Waals surface area contributed by atoms with Gasteiger partial charge < -0.3 is 0 Å². The quantitative estimate of drug-likeness (QED) is 0.815. The maximum atomic E-state index is 11.1. The summed E-state index contributed by atoms with van der Waals surface area (Å²) in [6.45, 7) is 0. The van der Waals surface area contributed by atoms with Crippen molar-refractivity contribution in [1.29, 1.82) is 0 Å². The second-order valence-corrected chi connectivity index (χ2v) is 6.12. The van der Waals surface area contributed by atoms with Crippen LogP contribution in [0, 0.1) is 0 Å². The largest absolute Gasteiger partial charge is 0.261 e. The fourth-order valence-corrected chi connectivity index (χ4v) is 2.23. The molecular weight excluding hydrogens is 222 g/mol. The van der Waals surface area contributed by atoms with E-state index in [1.165, 1.54) is 6.26 Å². The average Bonchev–Trinajstić information content (AvgIpc) is 2.25. The molecule has 0 spiro atoms. The van der Waals surface area contributed by atoms with Crippen LogP contribution >= 0.6 is 0 Å². The molecule has 84 valence electrons. The van der Waals surface area contributed by atoms with Crippen molar-refractivity contribution in [2.24, 2.45) is 0 Å². The highest BCUT2D eigenvalue weighted by Crippen LogP contribution is 2.16. The highest BCUT2D eigenvalue weighted by molar-refractivity contribution is 7.90. The van der Waals surface area contributed by atoms with E-state index < -0.39 is 9.84 Å². The van der Waals surface area contributed by atoms with Gasteiger partial charge in [-0.3, -0.25) is 4.98 Å². The van der Waals surface area contributed by atoms with Gasteiger partial charge in [0.25, 0.3) is 0 Å². The Bertz CT molecular complexity index is 600. The smallest absolute Gasteiger partial charge is 0.147 e. The van der Waals surface area contributed by atoms with Crippen LogP contribution in [0.3, 0.4) is 0 Å². The molecule has 1 aromatic carbocycles. The standard InChI is InChI=1S/C12H13NO2S/c1-16(14,15)9-7-12-11-5-3-2-4-10(11)6-8-13-12/h2-6,8H,7,9H2,1H3. The molecule has 4 heteroatoms. The zero-order chi connectivity index (χ0) is 11.6. The molecule has 3 nitrogen and oxygen atoms in total. The zero-order valence-electron chi connectivity index (χ0n) is 9.05. The first kappa shape index (κ1) is 11.1. The van der Waals surface area contributed by atoms with Crippen LogP contribution < -0.4 is 0 Å². The fourth-order valence-electron chi connectivity index (χ4n) is 1.66. The predicted molar refractivity (Wildman–Crippen MR) is 65.2 cm³/mol. The summed E-state index contributed by atoms with van der Waals surface area (Å²) in [5.74, 6) is 0.147. The molecule has 16 heavy (non-hydrogen) atoms. The third-order valence-electron chi connectivity index (χ3n) is 2.47. The van der Waals surface area contributed by atoms with Crippen molar-refractivity contribution in [3.05, 3.63) is 42.2 Å². The summed E-state index contributed by atoms with van der Waals surface area (Å²) in [6.07, 6.45) is 3.44. The minimum atomic E-state index is -2.93. The number of pyridine rings is 1. The molecule has 0 saturated heterocycles. The summed E-state index contributed by atoms with van der Waals surface area (Å²) < 4.78 is 22.2. The van der Waals surface area contributed by atoms with Crippen LogP contribution in [-0.2, 0) is 16.3 Å². The van der Waals surface area contributed by atoms with Gasteiger partial charge in [-0.05, 0) is 11.5 Å². The van der Waals surface area contributed by atoms with Crippen molar-refractivity contribution in [2.45, 2.75) is 6.42 Å². The van der Waals surface area contributed by atoms with Crippen LogP contribution in [0.15, 0.2) is 36.5 Å². The minimum Gasteiger partial charge on any atom is -0.261 e. The topological polar surface area (TPSA) is 47.0 Å². The molecule has 0 aliphatic carbocycles. The number of aryl methyl sites for hydroxylation is 1. The van der Waals surface area contributed by atoms with Gasteiger partial charge in [-0.25, -0.2) is 8.42 Å². The van der Waals surface area contributed by atoms with E-state index >= 15 is 0 Å². The van der Waals surface area contributed by atoms with Crippen molar-refractivity contribution in [3.8, 4) is 0 Å². The summed E-state index contributed by atoms with van der Waals surface area (Å²) in [4.78, 5) is 4.25. The van der Waals surface area contributed by atoms with Gasteiger partial charge in [0, 0.05) is 30.0 Å². The zero-order valence-corrected chi connectivity index (χ0v) is 9.87. The first-order chi connectivity index (χ1) is 7.56. The van der Waals surface area contributed by atoms with Crippen molar-refractivity contribution in [1.82, 2.24) is 4.98 Å². The summed E-state index contributed by atoms with van der Waals surface area (Å²) in [6, 6.07) is 9.80. The second-order valence-electron chi connectivity index (χ2n) is 3.86. The molecule has 0 radical (unpaired) electrons. The van der Waals surface area contributed by atoms with Crippen molar-refractivity contribution >= 4 is 20.6 Å². The Kier molecular flexibility index (Phi) is 2.92. The number of nitrogens with zero attached hydrogens (tertiary/aromatic N) is 1. The highest BCUT2D eigenvalue weighted by atomic mass is 32.2. The molecule has 2 aromatic rings. The molecule has 0 aliphatic heterocycles. The second kappa shape index (κ2) is 4.22. The van der Waals surface area contributed by atoms with Gasteiger partial charge in [-0.15, -0.1) is 0 Å². The van der Waals surface area contributed by atoms with Gasteiger partial charge in [0.1, 0.15) is 9.84 Å². The fraction of sp³-hybridized carbons (Fsp3) is 0.250. The summed E-state index contributed by atoms with van der Waals surface area (Å²) >= 11 is 0. The summed E-state index contributed by atoms with van der Waals surface area (Å²) in [5, 5.41) is 2.13. The lowest BCUT2D eigenvalue weighted by molar-refractivity contribution is 0.601. The Morgan fingerprint density at radius 2 is 1.94 bits per heavy atom. The normalized spacial score (nSPS) is 11.8. The Labute approximate surface area is 95.1 Å². The van der Waals surface area contributed by atoms with E-state index in [0.29, 0.717) is 6.42 Å². The van der Waals surface area contributed by atoms with Gasteiger partial charge in [-0.1, -0.05) is 24.3 Å². The SMILES string of the molecule is CS(=O)(=O)CCc1nccc2ccccc12. The maximum absolute atomic E-state index is 11.1. The molecule has 1 aromatic heterocycles. The lowest BCUT2D eigenvalue weighted by Gasteiger charge is -2.04. The molecule has 0 saturated carbocycles. The monoisotopic (exact) mass is 235 g/mol. The van der Waals surface area contributed by atoms with E-state index in [2.05, 4.69) is 4.98 Å². The molecule has 0 amide bonds. The number of aromatic nitrogens is 1. The van der Waals surface area contributed by atoms with Crippen LogP contribution in [0.25, 0.3) is 10.8 Å². The van der Waals surface area contributed by atoms with Gasteiger partial charge in [-0.2, -0.15) is 0 Å². The Morgan fingerprint density at radius 1 is 1.19 bits per heavy atom. The van der Waals surface area contributed by atoms with Gasteiger partial charge in [0.05, 0.1) is 5.75 Å². The third kappa shape index (κ3) is 2.58. The van der Waals surface area contributed by atoms with Crippen LogP contribution in [-0.4, -0.2) is 25.4 Å². The average molecular weight is 235 g/mol. The van der Waals surface area contributed by atoms with E-state index in [1.54, 1.807) is 6.20 Å². The molecule has 0 bridgehead atoms. The number of benzene rings is 1. The minimum absolute atomic E-state index is 0.147. The molecule has 0 N–H and O–H groups in total. The van der Waals surface area contributed by atoms with E-state index in [4.69, 9.17) is 0 Å². The van der Waals surface area contributed by atoms with Gasteiger partial charge >= 0.3 is 0 Å². The Hall–Kier alpha value is -1.42. The van der Waals surface area contributed by atoms with E-state index in [1.807, 2.05) is 30.3 Å². The Morgan fingerprint density at radius 3 is 2.69 bits per heavy atom. The van der Waals surface area contributed by atoms with E-state index in [-0.39, 0.29) is 5.75 Å². The molecule has 0 aliphatic rings. The molecule has 0 unspecified atom stereocenters. The lowest BCUT2D eigenvalue weighted by Crippen LogP contribution is -2.07. The van der Waals surface area contributed by atoms with Gasteiger partial charge in [0.2, 0.25) is 0 Å². The van der Waals surface area contributed by atoms with E-state index in [9.17, 15) is 8.42 Å². The number of hydrogen-bond acceptors (Lipinski definition) is 3. The molecule has 0 atom stereocenters. The van der Waals surface area contributed by atoms with Crippen molar-refractivity contribution in [3.63, 3.8) is 0 Å². The Balaban J connectivity index is 2.38. The van der Waals surface area contributed by atoms with Gasteiger partial charge in [0.15, 0.2) is 0 Å². The van der Waals surface area contributed by atoms with Crippen LogP contribution in [0.2, 0.25) is 0 Å².